The van der Waals surface area contributed by atoms with Crippen LogP contribution >= 0.6 is 11.6 Å². The molecule has 1 amide bonds. The molecule has 1 heterocycles. The molecule has 0 aliphatic rings. The average molecular weight is 306 g/mol. The number of nitrogens with zero attached hydrogens (tertiary/aromatic N) is 1. The number of pyridine rings is 1. The first kappa shape index (κ1) is 15.6. The van der Waals surface area contributed by atoms with Crippen molar-refractivity contribution in [2.24, 2.45) is 0 Å². The smallest absolute Gasteiger partial charge is 0.221 e. The van der Waals surface area contributed by atoms with Crippen molar-refractivity contribution >= 4 is 34.1 Å². The number of halogens is 1. The molecule has 0 bridgehead atoms. The number of carbonyl (C=O) groups excluding carboxylic acids is 1. The molecule has 21 heavy (non-hydrogen) atoms. The second kappa shape index (κ2) is 7.27. The van der Waals surface area contributed by atoms with Gasteiger partial charge >= 0.3 is 0 Å². The van der Waals surface area contributed by atoms with Crippen LogP contribution in [0.1, 0.15) is 26.7 Å². The lowest BCUT2D eigenvalue weighted by molar-refractivity contribution is -0.121. The van der Waals surface area contributed by atoms with Gasteiger partial charge in [-0.2, -0.15) is 0 Å². The highest BCUT2D eigenvalue weighted by Crippen LogP contribution is 2.24. The summed E-state index contributed by atoms with van der Waals surface area (Å²) in [5.41, 5.74) is 1.81. The van der Waals surface area contributed by atoms with E-state index in [9.17, 15) is 4.79 Å². The number of hydrogen-bond donors (Lipinski definition) is 2. The summed E-state index contributed by atoms with van der Waals surface area (Å²) in [5.74, 6) is 0.0678. The predicted molar refractivity (Wildman–Crippen MR) is 87.8 cm³/mol. The standard InChI is InChI=1S/C16H20ClN3O/c1-3-11(2)20-16(21)7-9-18-14-6-8-19-15-10-12(17)4-5-13(14)15/h4-6,8,10-11H,3,7,9H2,1-2H3,(H,18,19)(H,20,21). The van der Waals surface area contributed by atoms with Crippen molar-refractivity contribution in [3.8, 4) is 0 Å². The molecule has 0 saturated heterocycles. The minimum Gasteiger partial charge on any atom is -0.384 e. The van der Waals surface area contributed by atoms with E-state index in [4.69, 9.17) is 11.6 Å². The van der Waals surface area contributed by atoms with Crippen molar-refractivity contribution in [2.75, 3.05) is 11.9 Å². The Morgan fingerprint density at radius 1 is 1.38 bits per heavy atom. The Balaban J connectivity index is 1.96. The summed E-state index contributed by atoms with van der Waals surface area (Å²) in [6.07, 6.45) is 3.12. The second-order valence-corrected chi connectivity index (χ2v) is 5.51. The third-order valence-corrected chi connectivity index (χ3v) is 3.63. The largest absolute Gasteiger partial charge is 0.384 e. The summed E-state index contributed by atoms with van der Waals surface area (Å²) >= 11 is 5.97. The Bertz CT molecular complexity index is 630. The molecule has 4 nitrogen and oxygen atoms in total. The zero-order valence-electron chi connectivity index (χ0n) is 12.3. The van der Waals surface area contributed by atoms with Gasteiger partial charge in [-0.25, -0.2) is 0 Å². The number of carbonyl (C=O) groups is 1. The Hall–Kier alpha value is -1.81. The minimum absolute atomic E-state index is 0.0678. The molecule has 5 heteroatoms. The van der Waals surface area contributed by atoms with E-state index < -0.39 is 0 Å². The minimum atomic E-state index is 0.0678. The van der Waals surface area contributed by atoms with Crippen LogP contribution in [0.5, 0.6) is 0 Å². The Labute approximate surface area is 129 Å². The van der Waals surface area contributed by atoms with E-state index in [2.05, 4.69) is 22.5 Å². The van der Waals surface area contributed by atoms with Gasteiger partial charge in [0.25, 0.3) is 0 Å². The molecule has 2 rings (SSSR count). The van der Waals surface area contributed by atoms with E-state index in [1.165, 1.54) is 0 Å². The Kier molecular flexibility index (Phi) is 5.39. The third-order valence-electron chi connectivity index (χ3n) is 3.39. The van der Waals surface area contributed by atoms with Gasteiger partial charge in [0.15, 0.2) is 0 Å². The number of aromatic nitrogens is 1. The zero-order valence-corrected chi connectivity index (χ0v) is 13.1. The maximum atomic E-state index is 11.7. The molecular weight excluding hydrogens is 286 g/mol. The first-order valence-electron chi connectivity index (χ1n) is 7.17. The number of benzene rings is 1. The van der Waals surface area contributed by atoms with Gasteiger partial charge in [0.05, 0.1) is 5.52 Å². The first-order chi connectivity index (χ1) is 10.1. The van der Waals surface area contributed by atoms with Crippen molar-refractivity contribution in [2.45, 2.75) is 32.7 Å². The van der Waals surface area contributed by atoms with Crippen molar-refractivity contribution < 1.29 is 4.79 Å². The van der Waals surface area contributed by atoms with Gasteiger partial charge in [-0.3, -0.25) is 9.78 Å². The van der Waals surface area contributed by atoms with E-state index in [0.29, 0.717) is 18.0 Å². The van der Waals surface area contributed by atoms with E-state index in [0.717, 1.165) is 23.0 Å². The maximum Gasteiger partial charge on any atom is 0.221 e. The van der Waals surface area contributed by atoms with Gasteiger partial charge in [-0.05, 0) is 37.6 Å². The Morgan fingerprint density at radius 2 is 2.19 bits per heavy atom. The molecule has 0 radical (unpaired) electrons. The van der Waals surface area contributed by atoms with Gasteiger partial charge in [0.1, 0.15) is 0 Å². The normalized spacial score (nSPS) is 12.1. The molecule has 0 aliphatic carbocycles. The van der Waals surface area contributed by atoms with Crippen LogP contribution in [0, 0.1) is 0 Å². The van der Waals surface area contributed by atoms with Crippen LogP contribution < -0.4 is 10.6 Å². The quantitative estimate of drug-likeness (QED) is 0.857. The lowest BCUT2D eigenvalue weighted by Crippen LogP contribution is -2.32. The van der Waals surface area contributed by atoms with E-state index in [1.54, 1.807) is 6.20 Å². The summed E-state index contributed by atoms with van der Waals surface area (Å²) in [7, 11) is 0. The number of amides is 1. The van der Waals surface area contributed by atoms with Crippen LogP contribution in [0.2, 0.25) is 5.02 Å². The molecule has 112 valence electrons. The average Bonchev–Trinajstić information content (AvgIpc) is 2.46. The molecule has 0 saturated carbocycles. The topological polar surface area (TPSA) is 54.0 Å². The lowest BCUT2D eigenvalue weighted by atomic mass is 10.2. The molecule has 2 aromatic rings. The highest BCUT2D eigenvalue weighted by molar-refractivity contribution is 6.31. The van der Waals surface area contributed by atoms with Gasteiger partial charge in [-0.1, -0.05) is 18.5 Å². The zero-order chi connectivity index (χ0) is 15.2. The molecule has 1 atom stereocenters. The number of anilines is 1. The fourth-order valence-corrected chi connectivity index (χ4v) is 2.20. The SMILES string of the molecule is CCC(C)NC(=O)CCNc1ccnc2cc(Cl)ccc12. The number of hydrogen-bond acceptors (Lipinski definition) is 3. The van der Waals surface area contributed by atoms with Gasteiger partial charge < -0.3 is 10.6 Å². The summed E-state index contributed by atoms with van der Waals surface area (Å²) in [5, 5.41) is 7.91. The lowest BCUT2D eigenvalue weighted by Gasteiger charge is -2.12. The highest BCUT2D eigenvalue weighted by Gasteiger charge is 2.06. The van der Waals surface area contributed by atoms with Gasteiger partial charge in [-0.15, -0.1) is 0 Å². The molecule has 1 aromatic heterocycles. The number of nitrogens with one attached hydrogen (secondary N) is 2. The van der Waals surface area contributed by atoms with Crippen molar-refractivity contribution in [1.82, 2.24) is 10.3 Å². The van der Waals surface area contributed by atoms with Gasteiger partial charge in [0, 0.05) is 41.3 Å². The van der Waals surface area contributed by atoms with Crippen LogP contribution in [0.4, 0.5) is 5.69 Å². The molecule has 1 unspecified atom stereocenters. The van der Waals surface area contributed by atoms with E-state index >= 15 is 0 Å². The number of fused-ring (bicyclic) bond motifs is 1. The summed E-state index contributed by atoms with van der Waals surface area (Å²) in [6, 6.07) is 7.74. The van der Waals surface area contributed by atoms with Crippen molar-refractivity contribution in [3.05, 3.63) is 35.5 Å². The maximum absolute atomic E-state index is 11.7. The van der Waals surface area contributed by atoms with E-state index in [-0.39, 0.29) is 11.9 Å². The second-order valence-electron chi connectivity index (χ2n) is 5.07. The molecule has 0 aliphatic heterocycles. The summed E-state index contributed by atoms with van der Waals surface area (Å²) in [4.78, 5) is 16.0. The molecule has 0 spiro atoms. The molecule has 0 fully saturated rings. The van der Waals surface area contributed by atoms with Crippen LogP contribution in [-0.2, 0) is 4.79 Å². The first-order valence-corrected chi connectivity index (χ1v) is 7.55. The molecular formula is C16H20ClN3O. The van der Waals surface area contributed by atoms with Crippen LogP contribution in [0.15, 0.2) is 30.5 Å². The fraction of sp³-hybridized carbons (Fsp3) is 0.375. The highest BCUT2D eigenvalue weighted by atomic mass is 35.5. The van der Waals surface area contributed by atoms with Crippen molar-refractivity contribution in [3.63, 3.8) is 0 Å². The van der Waals surface area contributed by atoms with Crippen LogP contribution in [0.25, 0.3) is 10.9 Å². The van der Waals surface area contributed by atoms with Gasteiger partial charge in [0.2, 0.25) is 5.91 Å². The third kappa shape index (κ3) is 4.33. The van der Waals surface area contributed by atoms with E-state index in [1.807, 2.05) is 31.2 Å². The monoisotopic (exact) mass is 305 g/mol. The molecule has 1 aromatic carbocycles. The predicted octanol–water partition coefficient (Wildman–Crippen LogP) is 3.60. The van der Waals surface area contributed by atoms with Crippen LogP contribution in [0.3, 0.4) is 0 Å². The molecule has 2 N–H and O–H groups in total. The Morgan fingerprint density at radius 3 is 2.95 bits per heavy atom. The number of rotatable bonds is 6. The van der Waals surface area contributed by atoms with Crippen molar-refractivity contribution in [1.29, 1.82) is 0 Å². The summed E-state index contributed by atoms with van der Waals surface area (Å²) in [6.45, 7) is 4.65. The fourth-order valence-electron chi connectivity index (χ4n) is 2.04. The van der Waals surface area contributed by atoms with Crippen LogP contribution in [-0.4, -0.2) is 23.5 Å². The summed E-state index contributed by atoms with van der Waals surface area (Å²) < 4.78 is 0.